The van der Waals surface area contributed by atoms with Crippen molar-refractivity contribution in [2.24, 2.45) is 5.41 Å². The Labute approximate surface area is 118 Å². The fraction of sp³-hybridized carbons (Fsp3) is 1.00. The molecule has 1 saturated heterocycles. The Kier molecular flexibility index (Phi) is 7.29. The molecule has 114 valence electrons. The predicted octanol–water partition coefficient (Wildman–Crippen LogP) is 1.48. The van der Waals surface area contributed by atoms with Crippen molar-refractivity contribution >= 4 is 0 Å². The predicted molar refractivity (Wildman–Crippen MR) is 79.4 cm³/mol. The van der Waals surface area contributed by atoms with E-state index in [1.807, 2.05) is 0 Å². The Morgan fingerprint density at radius 3 is 2.79 bits per heavy atom. The Bertz CT molecular complexity index is 248. The molecule has 4 nitrogen and oxygen atoms in total. The van der Waals surface area contributed by atoms with E-state index in [4.69, 9.17) is 4.74 Å². The molecule has 1 heterocycles. The summed E-state index contributed by atoms with van der Waals surface area (Å²) in [6, 6.07) is 0.533. The fourth-order valence-corrected chi connectivity index (χ4v) is 2.85. The number of nitrogens with one attached hydrogen (secondary N) is 1. The molecule has 1 aliphatic heterocycles. The first-order chi connectivity index (χ1) is 8.99. The lowest BCUT2D eigenvalue weighted by atomic mass is 9.84. The number of ether oxygens (including phenoxy) is 1. The largest absolute Gasteiger partial charge is 0.394 e. The van der Waals surface area contributed by atoms with Gasteiger partial charge in [0.25, 0.3) is 0 Å². The minimum atomic E-state index is -0.00214. The van der Waals surface area contributed by atoms with Crippen molar-refractivity contribution in [2.75, 3.05) is 39.4 Å². The topological polar surface area (TPSA) is 44.7 Å². The van der Waals surface area contributed by atoms with Crippen LogP contribution in [0.1, 0.15) is 40.5 Å². The van der Waals surface area contributed by atoms with Gasteiger partial charge in [-0.05, 0) is 11.8 Å². The van der Waals surface area contributed by atoms with Gasteiger partial charge in [0, 0.05) is 32.2 Å². The molecule has 2 unspecified atom stereocenters. The van der Waals surface area contributed by atoms with Crippen LogP contribution in [0.15, 0.2) is 0 Å². The summed E-state index contributed by atoms with van der Waals surface area (Å²) in [5.41, 5.74) is 0.302. The molecule has 2 atom stereocenters. The fourth-order valence-electron chi connectivity index (χ4n) is 2.85. The van der Waals surface area contributed by atoms with E-state index in [9.17, 15) is 5.11 Å². The van der Waals surface area contributed by atoms with Gasteiger partial charge in [-0.3, -0.25) is 4.90 Å². The summed E-state index contributed by atoms with van der Waals surface area (Å²) in [4.78, 5) is 2.45. The second-order valence-corrected chi connectivity index (χ2v) is 6.51. The molecule has 2 N–H and O–H groups in total. The smallest absolute Gasteiger partial charge is 0.0932 e. The molecule has 0 bridgehead atoms. The maximum atomic E-state index is 9.22. The summed E-state index contributed by atoms with van der Waals surface area (Å²) in [7, 11) is 0. The first-order valence-corrected chi connectivity index (χ1v) is 7.67. The van der Waals surface area contributed by atoms with E-state index in [2.05, 4.69) is 37.9 Å². The normalized spacial score (nSPS) is 24.6. The molecule has 4 heteroatoms. The van der Waals surface area contributed by atoms with Gasteiger partial charge in [-0.1, -0.05) is 34.1 Å². The van der Waals surface area contributed by atoms with E-state index < -0.39 is 0 Å². The standard InChI is InChI=1S/C15H32N2O2/c1-5-6-15(4,11-16-13(2)3)12-17-7-8-19-14(9-17)10-18/h13-14,16,18H,5-12H2,1-4H3. The quantitative estimate of drug-likeness (QED) is 0.702. The highest BCUT2D eigenvalue weighted by molar-refractivity contribution is 4.83. The number of morpholine rings is 1. The van der Waals surface area contributed by atoms with Crippen molar-refractivity contribution in [1.29, 1.82) is 0 Å². The highest BCUT2D eigenvalue weighted by Crippen LogP contribution is 2.25. The van der Waals surface area contributed by atoms with Gasteiger partial charge in [-0.15, -0.1) is 0 Å². The Morgan fingerprint density at radius 1 is 1.47 bits per heavy atom. The summed E-state index contributed by atoms with van der Waals surface area (Å²) in [6.45, 7) is 13.9. The molecule has 0 aromatic heterocycles. The van der Waals surface area contributed by atoms with Crippen LogP contribution in [0.4, 0.5) is 0 Å². The molecule has 0 amide bonds. The zero-order chi connectivity index (χ0) is 14.3. The van der Waals surface area contributed by atoms with E-state index in [1.165, 1.54) is 12.8 Å². The molecular weight excluding hydrogens is 240 g/mol. The van der Waals surface area contributed by atoms with E-state index in [1.54, 1.807) is 0 Å². The number of rotatable bonds is 8. The SMILES string of the molecule is CCCC(C)(CNC(C)C)CN1CCOC(CO)C1. The highest BCUT2D eigenvalue weighted by atomic mass is 16.5. The van der Waals surface area contributed by atoms with E-state index >= 15 is 0 Å². The van der Waals surface area contributed by atoms with Crippen molar-refractivity contribution in [3.8, 4) is 0 Å². The molecular formula is C15H32N2O2. The third-order valence-electron chi connectivity index (χ3n) is 3.82. The van der Waals surface area contributed by atoms with Gasteiger partial charge >= 0.3 is 0 Å². The van der Waals surface area contributed by atoms with Crippen molar-refractivity contribution in [2.45, 2.75) is 52.7 Å². The van der Waals surface area contributed by atoms with Crippen LogP contribution in [0.25, 0.3) is 0 Å². The maximum absolute atomic E-state index is 9.22. The molecule has 1 aliphatic rings. The van der Waals surface area contributed by atoms with Crippen LogP contribution >= 0.6 is 0 Å². The van der Waals surface area contributed by atoms with Crippen molar-refractivity contribution in [1.82, 2.24) is 10.2 Å². The summed E-state index contributed by atoms with van der Waals surface area (Å²) >= 11 is 0. The Hall–Kier alpha value is -0.160. The third kappa shape index (κ3) is 6.21. The van der Waals surface area contributed by atoms with Crippen LogP contribution in [-0.2, 0) is 4.74 Å². The van der Waals surface area contributed by atoms with Crippen LogP contribution < -0.4 is 5.32 Å². The van der Waals surface area contributed by atoms with Gasteiger partial charge in [0.1, 0.15) is 0 Å². The zero-order valence-electron chi connectivity index (χ0n) is 13.1. The zero-order valence-corrected chi connectivity index (χ0v) is 13.1. The molecule has 0 radical (unpaired) electrons. The number of aliphatic hydroxyl groups is 1. The van der Waals surface area contributed by atoms with Gasteiger partial charge in [-0.2, -0.15) is 0 Å². The second kappa shape index (κ2) is 8.20. The van der Waals surface area contributed by atoms with Crippen LogP contribution in [0, 0.1) is 5.41 Å². The molecule has 0 saturated carbocycles. The molecule has 1 fully saturated rings. The lowest BCUT2D eigenvalue weighted by molar-refractivity contribution is -0.0621. The van der Waals surface area contributed by atoms with Crippen molar-refractivity contribution in [3.05, 3.63) is 0 Å². The minimum Gasteiger partial charge on any atom is -0.394 e. The lowest BCUT2D eigenvalue weighted by Gasteiger charge is -2.40. The summed E-state index contributed by atoms with van der Waals surface area (Å²) in [5, 5.41) is 12.8. The molecule has 0 aromatic carbocycles. The first-order valence-electron chi connectivity index (χ1n) is 7.67. The monoisotopic (exact) mass is 272 g/mol. The average molecular weight is 272 g/mol. The van der Waals surface area contributed by atoms with Gasteiger partial charge in [0.15, 0.2) is 0 Å². The number of nitrogens with zero attached hydrogens (tertiary/aromatic N) is 1. The molecule has 0 spiro atoms. The third-order valence-corrected chi connectivity index (χ3v) is 3.82. The summed E-state index contributed by atoms with van der Waals surface area (Å²) in [5.74, 6) is 0. The summed E-state index contributed by atoms with van der Waals surface area (Å²) < 4.78 is 5.52. The molecule has 19 heavy (non-hydrogen) atoms. The van der Waals surface area contributed by atoms with Crippen LogP contribution in [-0.4, -0.2) is 61.5 Å². The van der Waals surface area contributed by atoms with E-state index in [0.29, 0.717) is 11.5 Å². The Balaban J connectivity index is 2.51. The van der Waals surface area contributed by atoms with Gasteiger partial charge < -0.3 is 15.2 Å². The summed E-state index contributed by atoms with van der Waals surface area (Å²) in [6.07, 6.45) is 2.44. The van der Waals surface area contributed by atoms with Crippen LogP contribution in [0.3, 0.4) is 0 Å². The van der Waals surface area contributed by atoms with E-state index in [0.717, 1.165) is 32.8 Å². The van der Waals surface area contributed by atoms with Crippen LogP contribution in [0.5, 0.6) is 0 Å². The second-order valence-electron chi connectivity index (χ2n) is 6.51. The maximum Gasteiger partial charge on any atom is 0.0932 e. The van der Waals surface area contributed by atoms with Gasteiger partial charge in [-0.25, -0.2) is 0 Å². The number of aliphatic hydroxyl groups excluding tert-OH is 1. The van der Waals surface area contributed by atoms with Gasteiger partial charge in [0.2, 0.25) is 0 Å². The first kappa shape index (κ1) is 16.9. The van der Waals surface area contributed by atoms with Crippen molar-refractivity contribution < 1.29 is 9.84 Å². The Morgan fingerprint density at radius 2 is 2.21 bits per heavy atom. The average Bonchev–Trinajstić information content (AvgIpc) is 2.37. The molecule has 0 aromatic rings. The van der Waals surface area contributed by atoms with Gasteiger partial charge in [0.05, 0.1) is 19.3 Å². The number of hydrogen-bond donors (Lipinski definition) is 2. The van der Waals surface area contributed by atoms with Crippen LogP contribution in [0.2, 0.25) is 0 Å². The lowest BCUT2D eigenvalue weighted by Crippen LogP contribution is -2.50. The van der Waals surface area contributed by atoms with Crippen molar-refractivity contribution in [3.63, 3.8) is 0 Å². The molecule has 1 rings (SSSR count). The minimum absolute atomic E-state index is 0.00214. The van der Waals surface area contributed by atoms with E-state index in [-0.39, 0.29) is 12.7 Å². The molecule has 0 aliphatic carbocycles. The number of hydrogen-bond acceptors (Lipinski definition) is 4. The highest BCUT2D eigenvalue weighted by Gasteiger charge is 2.29.